The molecule has 0 saturated heterocycles. The summed E-state index contributed by atoms with van der Waals surface area (Å²) in [6, 6.07) is 6.88. The van der Waals surface area contributed by atoms with Gasteiger partial charge in [0.15, 0.2) is 0 Å². The average molecular weight is 342 g/mol. The number of carboxylic acid groups (broad SMARTS) is 1. The highest BCUT2D eigenvalue weighted by Gasteiger charge is 2.51. The lowest BCUT2D eigenvalue weighted by Crippen LogP contribution is -2.36. The molecule has 2 bridgehead atoms. The summed E-state index contributed by atoms with van der Waals surface area (Å²) in [5.74, 6) is -2.75. The number of fused-ring (bicyclic) bond motifs is 2. The number of carbonyl (C=O) groups excluding carboxylic acids is 2. The summed E-state index contributed by atoms with van der Waals surface area (Å²) in [5, 5.41) is 15.0. The van der Waals surface area contributed by atoms with Crippen molar-refractivity contribution in [3.63, 3.8) is 0 Å². The zero-order valence-electron chi connectivity index (χ0n) is 14.2. The molecule has 25 heavy (non-hydrogen) atoms. The van der Waals surface area contributed by atoms with Crippen LogP contribution in [0.25, 0.3) is 0 Å². The molecule has 2 aliphatic rings. The highest BCUT2D eigenvalue weighted by molar-refractivity contribution is 5.97. The van der Waals surface area contributed by atoms with Gasteiger partial charge in [-0.15, -0.1) is 0 Å². The molecule has 0 heterocycles. The summed E-state index contributed by atoms with van der Waals surface area (Å²) < 4.78 is 0. The summed E-state index contributed by atoms with van der Waals surface area (Å²) in [4.78, 5) is 36.0. The summed E-state index contributed by atoms with van der Waals surface area (Å²) in [7, 11) is 0. The molecule has 0 aliphatic heterocycles. The van der Waals surface area contributed by atoms with Crippen LogP contribution in [0.3, 0.4) is 0 Å². The number of anilines is 2. The molecular formula is C19H22N2O4. The van der Waals surface area contributed by atoms with Gasteiger partial charge in [-0.2, -0.15) is 0 Å². The number of allylic oxidation sites excluding steroid dienone is 2. The van der Waals surface area contributed by atoms with Crippen LogP contribution in [-0.2, 0) is 14.4 Å². The predicted octanol–water partition coefficient (Wildman–Crippen LogP) is 2.74. The van der Waals surface area contributed by atoms with Gasteiger partial charge in [0.1, 0.15) is 0 Å². The van der Waals surface area contributed by atoms with E-state index in [4.69, 9.17) is 0 Å². The van der Waals surface area contributed by atoms with E-state index in [0.29, 0.717) is 11.4 Å². The van der Waals surface area contributed by atoms with E-state index in [9.17, 15) is 19.5 Å². The van der Waals surface area contributed by atoms with Crippen molar-refractivity contribution in [1.29, 1.82) is 0 Å². The van der Waals surface area contributed by atoms with E-state index in [-0.39, 0.29) is 29.6 Å². The quantitative estimate of drug-likeness (QED) is 0.717. The maximum absolute atomic E-state index is 12.7. The van der Waals surface area contributed by atoms with Crippen LogP contribution >= 0.6 is 0 Å². The van der Waals surface area contributed by atoms with Crippen molar-refractivity contribution in [3.8, 4) is 0 Å². The van der Waals surface area contributed by atoms with E-state index in [0.717, 1.165) is 6.42 Å². The molecule has 0 spiro atoms. The van der Waals surface area contributed by atoms with Crippen molar-refractivity contribution in [1.82, 2.24) is 0 Å². The Hall–Kier alpha value is -2.63. The van der Waals surface area contributed by atoms with Crippen LogP contribution in [0.15, 0.2) is 36.4 Å². The predicted molar refractivity (Wildman–Crippen MR) is 93.9 cm³/mol. The third-order valence-electron chi connectivity index (χ3n) is 4.97. The second-order valence-corrected chi connectivity index (χ2v) is 7.05. The minimum atomic E-state index is -0.921. The molecule has 2 amide bonds. The smallest absolute Gasteiger partial charge is 0.307 e. The third kappa shape index (κ3) is 3.43. The van der Waals surface area contributed by atoms with Crippen molar-refractivity contribution in [2.24, 2.45) is 29.6 Å². The molecular weight excluding hydrogens is 320 g/mol. The number of amides is 2. The minimum Gasteiger partial charge on any atom is -0.481 e. The Balaban J connectivity index is 1.72. The fourth-order valence-electron chi connectivity index (χ4n) is 3.70. The first-order chi connectivity index (χ1) is 11.9. The molecule has 1 saturated carbocycles. The van der Waals surface area contributed by atoms with Crippen LogP contribution in [0.1, 0.15) is 20.3 Å². The first-order valence-corrected chi connectivity index (χ1v) is 8.49. The number of aliphatic carboxylic acids is 1. The number of carbonyl (C=O) groups is 3. The molecule has 3 rings (SSSR count). The number of carboxylic acids is 1. The number of hydrogen-bond acceptors (Lipinski definition) is 3. The average Bonchev–Trinajstić information content (AvgIpc) is 3.15. The number of rotatable bonds is 5. The lowest BCUT2D eigenvalue weighted by molar-refractivity contribution is -0.146. The zero-order valence-corrected chi connectivity index (χ0v) is 14.2. The van der Waals surface area contributed by atoms with Gasteiger partial charge < -0.3 is 15.7 Å². The maximum Gasteiger partial charge on any atom is 0.307 e. The van der Waals surface area contributed by atoms with Crippen molar-refractivity contribution < 1.29 is 19.5 Å². The lowest BCUT2D eigenvalue weighted by Gasteiger charge is -2.24. The van der Waals surface area contributed by atoms with Gasteiger partial charge in [-0.05, 0) is 36.5 Å². The molecule has 132 valence electrons. The molecule has 3 N–H and O–H groups in total. The molecule has 0 aromatic heterocycles. The molecule has 4 atom stereocenters. The summed E-state index contributed by atoms with van der Waals surface area (Å²) >= 11 is 0. The van der Waals surface area contributed by atoms with Crippen LogP contribution in [0.5, 0.6) is 0 Å². The first-order valence-electron chi connectivity index (χ1n) is 8.49. The van der Waals surface area contributed by atoms with Crippen LogP contribution in [0.4, 0.5) is 11.4 Å². The number of hydrogen-bond donors (Lipinski definition) is 3. The fraction of sp³-hybridized carbons (Fsp3) is 0.421. The Morgan fingerprint density at radius 1 is 1.04 bits per heavy atom. The zero-order chi connectivity index (χ0) is 18.1. The molecule has 6 nitrogen and oxygen atoms in total. The normalized spacial score (nSPS) is 26.7. The van der Waals surface area contributed by atoms with Gasteiger partial charge in [-0.1, -0.05) is 32.1 Å². The Bertz CT molecular complexity index is 741. The number of nitrogens with one attached hydrogen (secondary N) is 2. The Labute approximate surface area is 146 Å². The molecule has 1 aromatic rings. The Morgan fingerprint density at radius 2 is 1.64 bits per heavy atom. The van der Waals surface area contributed by atoms with Gasteiger partial charge in [0.2, 0.25) is 11.8 Å². The van der Waals surface area contributed by atoms with Crippen LogP contribution in [-0.4, -0.2) is 22.9 Å². The molecule has 0 unspecified atom stereocenters. The Morgan fingerprint density at radius 3 is 2.24 bits per heavy atom. The van der Waals surface area contributed by atoms with E-state index in [1.807, 2.05) is 12.2 Å². The van der Waals surface area contributed by atoms with Crippen LogP contribution in [0, 0.1) is 29.6 Å². The van der Waals surface area contributed by atoms with Gasteiger partial charge in [0, 0.05) is 17.3 Å². The minimum absolute atomic E-state index is 0.0186. The second kappa shape index (κ2) is 6.70. The van der Waals surface area contributed by atoms with E-state index in [2.05, 4.69) is 10.6 Å². The van der Waals surface area contributed by atoms with Crippen molar-refractivity contribution >= 4 is 29.2 Å². The summed E-state index contributed by atoms with van der Waals surface area (Å²) in [5.41, 5.74) is 1.14. The topological polar surface area (TPSA) is 95.5 Å². The molecule has 6 heteroatoms. The van der Waals surface area contributed by atoms with Gasteiger partial charge in [-0.3, -0.25) is 14.4 Å². The first kappa shape index (κ1) is 17.2. The van der Waals surface area contributed by atoms with E-state index in [1.54, 1.807) is 38.1 Å². The van der Waals surface area contributed by atoms with Crippen molar-refractivity contribution in [2.45, 2.75) is 20.3 Å². The van der Waals surface area contributed by atoms with Crippen molar-refractivity contribution in [3.05, 3.63) is 36.4 Å². The van der Waals surface area contributed by atoms with Gasteiger partial charge >= 0.3 is 5.97 Å². The highest BCUT2D eigenvalue weighted by Crippen LogP contribution is 2.48. The van der Waals surface area contributed by atoms with E-state index >= 15 is 0 Å². The molecule has 1 aromatic carbocycles. The van der Waals surface area contributed by atoms with Crippen LogP contribution < -0.4 is 10.6 Å². The second-order valence-electron chi connectivity index (χ2n) is 7.05. The largest absolute Gasteiger partial charge is 0.481 e. The third-order valence-corrected chi connectivity index (χ3v) is 4.97. The van der Waals surface area contributed by atoms with Gasteiger partial charge in [-0.25, -0.2) is 0 Å². The molecule has 1 fully saturated rings. The summed E-state index contributed by atoms with van der Waals surface area (Å²) in [6.07, 6.45) is 4.59. The molecule has 2 aliphatic carbocycles. The lowest BCUT2D eigenvalue weighted by atomic mass is 9.82. The fourth-order valence-corrected chi connectivity index (χ4v) is 3.70. The SMILES string of the molecule is CC(C)C(=O)Nc1cccc(NC(=O)[C@H]2[C@H](C(=O)O)[C@H]3C=C[C@H]2C3)c1. The van der Waals surface area contributed by atoms with Gasteiger partial charge in [0.25, 0.3) is 0 Å². The Kier molecular flexibility index (Phi) is 4.61. The van der Waals surface area contributed by atoms with Crippen LogP contribution in [0.2, 0.25) is 0 Å². The standard InChI is InChI=1S/C19H22N2O4/c1-10(2)17(22)20-13-4-3-5-14(9-13)21-18(23)15-11-6-7-12(8-11)16(15)19(24)25/h3-7,9-12,15-16H,8H2,1-2H3,(H,20,22)(H,21,23)(H,24,25)/t11-,12-,15+,16+/m0/s1. The van der Waals surface area contributed by atoms with Crippen molar-refractivity contribution in [2.75, 3.05) is 10.6 Å². The highest BCUT2D eigenvalue weighted by atomic mass is 16.4. The van der Waals surface area contributed by atoms with Gasteiger partial charge in [0.05, 0.1) is 11.8 Å². The number of benzene rings is 1. The van der Waals surface area contributed by atoms with E-state index in [1.165, 1.54) is 0 Å². The monoisotopic (exact) mass is 342 g/mol. The summed E-state index contributed by atoms with van der Waals surface area (Å²) in [6.45, 7) is 3.60. The van der Waals surface area contributed by atoms with E-state index < -0.39 is 17.8 Å². The molecule has 0 radical (unpaired) electrons. The maximum atomic E-state index is 12.7.